The van der Waals surface area contributed by atoms with Gasteiger partial charge in [0, 0.05) is 13.1 Å². The van der Waals surface area contributed by atoms with E-state index in [1.165, 1.54) is 11.1 Å². The molecular weight excluding hydrogens is 198 g/mol. The molecule has 16 heavy (non-hydrogen) atoms. The number of hydrogen-bond donors (Lipinski definition) is 1. The summed E-state index contributed by atoms with van der Waals surface area (Å²) in [5.41, 5.74) is 11.3. The summed E-state index contributed by atoms with van der Waals surface area (Å²) in [5.74, 6) is 0. The Kier molecular flexibility index (Phi) is 2.79. The number of fused-ring (bicyclic) bond motifs is 1. The van der Waals surface area contributed by atoms with Crippen LogP contribution in [-0.4, -0.2) is 16.1 Å². The summed E-state index contributed by atoms with van der Waals surface area (Å²) < 4.78 is 2.09. The fraction of sp³-hybridized carbons (Fsp3) is 0.308. The van der Waals surface area contributed by atoms with E-state index in [1.54, 1.807) is 0 Å². The van der Waals surface area contributed by atoms with Crippen LogP contribution in [0.2, 0.25) is 0 Å². The van der Waals surface area contributed by atoms with E-state index in [-0.39, 0.29) is 0 Å². The van der Waals surface area contributed by atoms with Crippen molar-refractivity contribution in [1.29, 1.82) is 0 Å². The second-order valence-corrected chi connectivity index (χ2v) is 4.25. The van der Waals surface area contributed by atoms with Crippen molar-refractivity contribution in [1.82, 2.24) is 9.55 Å². The largest absolute Gasteiger partial charge is 0.327 e. The average Bonchev–Trinajstić information content (AvgIpc) is 2.62. The minimum Gasteiger partial charge on any atom is -0.327 e. The third-order valence-electron chi connectivity index (χ3n) is 2.92. The summed E-state index contributed by atoms with van der Waals surface area (Å²) in [5, 5.41) is 0. The monoisotopic (exact) mass is 215 g/mol. The predicted molar refractivity (Wildman–Crippen MR) is 67.4 cm³/mol. The lowest BCUT2D eigenvalue weighted by Crippen LogP contribution is -2.08. The standard InChI is InChI=1S/C13H17N3/c1-9(6-14)7-16-8-15-12-4-10(2)11(3)5-13(12)16/h4-5,8H,1,6-7,14H2,2-3H3. The molecule has 0 radical (unpaired) electrons. The summed E-state index contributed by atoms with van der Waals surface area (Å²) >= 11 is 0. The first-order chi connectivity index (χ1) is 7.61. The molecule has 1 heterocycles. The van der Waals surface area contributed by atoms with Crippen LogP contribution in [0.15, 0.2) is 30.6 Å². The molecule has 1 aromatic carbocycles. The first-order valence-electron chi connectivity index (χ1n) is 5.40. The Morgan fingerprint density at radius 3 is 2.75 bits per heavy atom. The van der Waals surface area contributed by atoms with E-state index in [2.05, 4.69) is 42.1 Å². The van der Waals surface area contributed by atoms with Crippen molar-refractivity contribution in [2.45, 2.75) is 20.4 Å². The van der Waals surface area contributed by atoms with Crippen molar-refractivity contribution in [2.24, 2.45) is 5.73 Å². The SMILES string of the molecule is C=C(CN)Cn1cnc2cc(C)c(C)cc21. The molecule has 0 spiro atoms. The molecule has 2 N–H and O–H groups in total. The summed E-state index contributed by atoms with van der Waals surface area (Å²) in [6.07, 6.45) is 1.85. The number of nitrogens with two attached hydrogens (primary N) is 1. The minimum absolute atomic E-state index is 0.518. The van der Waals surface area contributed by atoms with E-state index in [0.717, 1.165) is 23.2 Å². The fourth-order valence-corrected chi connectivity index (χ4v) is 1.74. The van der Waals surface area contributed by atoms with E-state index in [9.17, 15) is 0 Å². The van der Waals surface area contributed by atoms with Crippen LogP contribution in [0.25, 0.3) is 11.0 Å². The van der Waals surface area contributed by atoms with Gasteiger partial charge in [-0.25, -0.2) is 4.98 Å². The van der Waals surface area contributed by atoms with E-state index >= 15 is 0 Å². The van der Waals surface area contributed by atoms with Crippen LogP contribution in [0.1, 0.15) is 11.1 Å². The molecule has 0 aliphatic rings. The van der Waals surface area contributed by atoms with E-state index in [4.69, 9.17) is 5.73 Å². The molecule has 0 saturated carbocycles. The average molecular weight is 215 g/mol. The summed E-state index contributed by atoms with van der Waals surface area (Å²) in [6.45, 7) is 9.40. The van der Waals surface area contributed by atoms with Crippen LogP contribution >= 0.6 is 0 Å². The third-order valence-corrected chi connectivity index (χ3v) is 2.92. The van der Waals surface area contributed by atoms with Gasteiger partial charge in [0.25, 0.3) is 0 Å². The van der Waals surface area contributed by atoms with Crippen molar-refractivity contribution in [3.63, 3.8) is 0 Å². The van der Waals surface area contributed by atoms with Crippen LogP contribution in [0.4, 0.5) is 0 Å². The second kappa shape index (κ2) is 4.10. The highest BCUT2D eigenvalue weighted by Crippen LogP contribution is 2.18. The maximum Gasteiger partial charge on any atom is 0.0961 e. The van der Waals surface area contributed by atoms with E-state index < -0.39 is 0 Å². The number of aromatic nitrogens is 2. The Bertz CT molecular complexity index is 537. The Morgan fingerprint density at radius 1 is 1.38 bits per heavy atom. The lowest BCUT2D eigenvalue weighted by Gasteiger charge is -2.06. The molecule has 3 nitrogen and oxygen atoms in total. The fourth-order valence-electron chi connectivity index (χ4n) is 1.74. The van der Waals surface area contributed by atoms with Gasteiger partial charge < -0.3 is 10.3 Å². The summed E-state index contributed by atoms with van der Waals surface area (Å²) in [4.78, 5) is 4.39. The van der Waals surface area contributed by atoms with E-state index in [0.29, 0.717) is 6.54 Å². The normalized spacial score (nSPS) is 10.9. The van der Waals surface area contributed by atoms with Gasteiger partial charge in [-0.1, -0.05) is 6.58 Å². The van der Waals surface area contributed by atoms with Crippen molar-refractivity contribution in [2.75, 3.05) is 6.54 Å². The maximum atomic E-state index is 5.55. The van der Waals surface area contributed by atoms with Gasteiger partial charge in [-0.2, -0.15) is 0 Å². The number of benzene rings is 1. The summed E-state index contributed by atoms with van der Waals surface area (Å²) in [6, 6.07) is 4.29. The topological polar surface area (TPSA) is 43.8 Å². The molecule has 0 amide bonds. The number of aryl methyl sites for hydroxylation is 2. The van der Waals surface area contributed by atoms with Gasteiger partial charge >= 0.3 is 0 Å². The molecule has 0 saturated heterocycles. The number of hydrogen-bond acceptors (Lipinski definition) is 2. The zero-order valence-electron chi connectivity index (χ0n) is 9.83. The van der Waals surface area contributed by atoms with Crippen molar-refractivity contribution in [3.05, 3.63) is 41.7 Å². The highest BCUT2D eigenvalue weighted by atomic mass is 15.0. The first kappa shape index (κ1) is 10.9. The van der Waals surface area contributed by atoms with Gasteiger partial charge in [0.05, 0.1) is 17.4 Å². The molecule has 0 bridgehead atoms. The molecule has 2 rings (SSSR count). The molecule has 0 fully saturated rings. The Labute approximate surface area is 95.6 Å². The lowest BCUT2D eigenvalue weighted by molar-refractivity contribution is 0.792. The molecule has 0 atom stereocenters. The van der Waals surface area contributed by atoms with Gasteiger partial charge in [0.1, 0.15) is 0 Å². The molecule has 2 aromatic rings. The third kappa shape index (κ3) is 1.86. The van der Waals surface area contributed by atoms with E-state index in [1.807, 2.05) is 6.33 Å². The quantitative estimate of drug-likeness (QED) is 0.797. The Morgan fingerprint density at radius 2 is 2.06 bits per heavy atom. The van der Waals surface area contributed by atoms with Crippen molar-refractivity contribution < 1.29 is 0 Å². The highest BCUT2D eigenvalue weighted by molar-refractivity contribution is 5.77. The Hall–Kier alpha value is -1.61. The lowest BCUT2D eigenvalue weighted by atomic mass is 10.1. The molecule has 0 unspecified atom stereocenters. The van der Waals surface area contributed by atoms with Crippen LogP contribution in [0.3, 0.4) is 0 Å². The Balaban J connectivity index is 2.48. The molecule has 3 heteroatoms. The zero-order valence-corrected chi connectivity index (χ0v) is 9.83. The zero-order chi connectivity index (χ0) is 11.7. The minimum atomic E-state index is 0.518. The smallest absolute Gasteiger partial charge is 0.0961 e. The van der Waals surface area contributed by atoms with Crippen LogP contribution < -0.4 is 5.73 Å². The first-order valence-corrected chi connectivity index (χ1v) is 5.40. The second-order valence-electron chi connectivity index (χ2n) is 4.25. The molecule has 0 aliphatic heterocycles. The molecule has 1 aromatic heterocycles. The number of imidazole rings is 1. The van der Waals surface area contributed by atoms with Gasteiger partial charge in [-0.05, 0) is 42.7 Å². The van der Waals surface area contributed by atoms with Crippen LogP contribution in [0.5, 0.6) is 0 Å². The molecular formula is C13H17N3. The van der Waals surface area contributed by atoms with Gasteiger partial charge in [0.15, 0.2) is 0 Å². The van der Waals surface area contributed by atoms with Gasteiger partial charge in [0.2, 0.25) is 0 Å². The highest BCUT2D eigenvalue weighted by Gasteiger charge is 2.05. The maximum absolute atomic E-state index is 5.55. The van der Waals surface area contributed by atoms with Crippen molar-refractivity contribution in [3.8, 4) is 0 Å². The van der Waals surface area contributed by atoms with Crippen molar-refractivity contribution >= 4 is 11.0 Å². The predicted octanol–water partition coefficient (Wildman–Crippen LogP) is 2.17. The van der Waals surface area contributed by atoms with Crippen LogP contribution in [0, 0.1) is 13.8 Å². The number of nitrogens with zero attached hydrogens (tertiary/aromatic N) is 2. The number of rotatable bonds is 3. The summed E-state index contributed by atoms with van der Waals surface area (Å²) in [7, 11) is 0. The van der Waals surface area contributed by atoms with Crippen LogP contribution in [-0.2, 0) is 6.54 Å². The molecule has 84 valence electrons. The van der Waals surface area contributed by atoms with Gasteiger partial charge in [-0.3, -0.25) is 0 Å². The molecule has 0 aliphatic carbocycles. The van der Waals surface area contributed by atoms with Gasteiger partial charge in [-0.15, -0.1) is 0 Å².